The molecule has 2 heteroatoms. The Morgan fingerprint density at radius 3 is 2.31 bits per heavy atom. The first kappa shape index (κ1) is 12.5. The van der Waals surface area contributed by atoms with E-state index in [2.05, 4.69) is 26.8 Å². The fraction of sp³-hybridized carbons (Fsp3) is 0.357. The van der Waals surface area contributed by atoms with Crippen LogP contribution in [0.15, 0.2) is 29.8 Å². The number of hydrogen-bond acceptors (Lipinski definition) is 1. The molecule has 0 unspecified atom stereocenters. The van der Waals surface area contributed by atoms with Crippen molar-refractivity contribution in [3.8, 4) is 0 Å². The van der Waals surface area contributed by atoms with Crippen LogP contribution in [0.2, 0.25) is 0 Å². The van der Waals surface area contributed by atoms with Crippen molar-refractivity contribution in [3.63, 3.8) is 0 Å². The summed E-state index contributed by atoms with van der Waals surface area (Å²) in [6, 6.07) is 8.07. The Hall–Kier alpha value is -1.57. The molecular weight excluding hydrogens is 198 g/mol. The van der Waals surface area contributed by atoms with Crippen molar-refractivity contribution in [2.45, 2.75) is 33.1 Å². The lowest BCUT2D eigenvalue weighted by Gasteiger charge is -2.21. The molecule has 0 saturated carbocycles. The summed E-state index contributed by atoms with van der Waals surface area (Å²) in [5, 5.41) is 0. The molecule has 0 aliphatic carbocycles. The molecule has 16 heavy (non-hydrogen) atoms. The lowest BCUT2D eigenvalue weighted by Crippen LogP contribution is -2.14. The van der Waals surface area contributed by atoms with Gasteiger partial charge in [0.25, 0.3) is 0 Å². The summed E-state index contributed by atoms with van der Waals surface area (Å²) in [5.41, 5.74) is 8.16. The average molecular weight is 217 g/mol. The molecule has 0 heterocycles. The largest absolute Gasteiger partial charge is 0.366 e. The summed E-state index contributed by atoms with van der Waals surface area (Å²) in [5.74, 6) is -0.372. The van der Waals surface area contributed by atoms with E-state index in [0.717, 1.165) is 5.56 Å². The van der Waals surface area contributed by atoms with Crippen molar-refractivity contribution >= 4 is 12.0 Å². The van der Waals surface area contributed by atoms with E-state index in [1.54, 1.807) is 6.92 Å². The first-order valence-corrected chi connectivity index (χ1v) is 5.40. The molecule has 1 amide bonds. The van der Waals surface area contributed by atoms with E-state index in [4.69, 9.17) is 5.73 Å². The maximum absolute atomic E-state index is 11.0. The highest BCUT2D eigenvalue weighted by Crippen LogP contribution is 2.27. The van der Waals surface area contributed by atoms with Gasteiger partial charge in [0.05, 0.1) is 0 Å². The summed E-state index contributed by atoms with van der Waals surface area (Å²) in [7, 11) is 0. The number of rotatable bonds is 2. The van der Waals surface area contributed by atoms with Gasteiger partial charge >= 0.3 is 0 Å². The molecule has 0 saturated heterocycles. The number of amides is 1. The van der Waals surface area contributed by atoms with Crippen molar-refractivity contribution in [2.24, 2.45) is 5.73 Å². The fourth-order valence-corrected chi connectivity index (χ4v) is 1.61. The number of carbonyl (C=O) groups excluding carboxylic acids is 1. The summed E-state index contributed by atoms with van der Waals surface area (Å²) in [4.78, 5) is 11.0. The van der Waals surface area contributed by atoms with E-state index in [1.165, 1.54) is 5.56 Å². The Morgan fingerprint density at radius 1 is 1.25 bits per heavy atom. The fourth-order valence-electron chi connectivity index (χ4n) is 1.61. The molecule has 0 atom stereocenters. The first-order chi connectivity index (χ1) is 7.32. The number of primary amides is 1. The topological polar surface area (TPSA) is 43.1 Å². The molecule has 2 nitrogen and oxygen atoms in total. The quantitative estimate of drug-likeness (QED) is 0.760. The molecule has 0 radical (unpaired) electrons. The van der Waals surface area contributed by atoms with Gasteiger partial charge in [-0.15, -0.1) is 0 Å². The van der Waals surface area contributed by atoms with E-state index >= 15 is 0 Å². The molecule has 0 spiro atoms. The van der Waals surface area contributed by atoms with E-state index in [1.807, 2.05) is 24.3 Å². The van der Waals surface area contributed by atoms with Crippen molar-refractivity contribution < 1.29 is 4.79 Å². The maximum Gasteiger partial charge on any atom is 0.244 e. The molecule has 0 aliphatic heterocycles. The smallest absolute Gasteiger partial charge is 0.244 e. The predicted octanol–water partition coefficient (Wildman–Crippen LogP) is 2.87. The summed E-state index contributed by atoms with van der Waals surface area (Å²) in [6.45, 7) is 8.19. The van der Waals surface area contributed by atoms with Gasteiger partial charge in [0.15, 0.2) is 0 Å². The van der Waals surface area contributed by atoms with Crippen LogP contribution in [-0.2, 0) is 10.2 Å². The molecule has 2 N–H and O–H groups in total. The highest BCUT2D eigenvalue weighted by molar-refractivity contribution is 5.96. The highest BCUT2D eigenvalue weighted by atomic mass is 16.1. The maximum atomic E-state index is 11.0. The van der Waals surface area contributed by atoms with Crippen LogP contribution in [0.3, 0.4) is 0 Å². The van der Waals surface area contributed by atoms with Crippen LogP contribution >= 0.6 is 0 Å². The minimum absolute atomic E-state index is 0.0605. The molecule has 86 valence electrons. The van der Waals surface area contributed by atoms with Crippen LogP contribution < -0.4 is 5.73 Å². The van der Waals surface area contributed by atoms with Gasteiger partial charge in [-0.2, -0.15) is 0 Å². The lowest BCUT2D eigenvalue weighted by atomic mass is 9.83. The Balaban J connectivity index is 3.25. The van der Waals surface area contributed by atoms with Gasteiger partial charge in [0, 0.05) is 5.57 Å². The van der Waals surface area contributed by atoms with E-state index in [9.17, 15) is 4.79 Å². The zero-order chi connectivity index (χ0) is 12.3. The third-order valence-corrected chi connectivity index (χ3v) is 2.53. The molecule has 1 aromatic carbocycles. The summed E-state index contributed by atoms with van der Waals surface area (Å²) >= 11 is 0. The predicted molar refractivity (Wildman–Crippen MR) is 68.0 cm³/mol. The van der Waals surface area contributed by atoms with Gasteiger partial charge in [-0.05, 0) is 29.5 Å². The second kappa shape index (κ2) is 4.52. The zero-order valence-electron chi connectivity index (χ0n) is 10.4. The van der Waals surface area contributed by atoms with Gasteiger partial charge in [0.1, 0.15) is 0 Å². The Labute approximate surface area is 97.2 Å². The average Bonchev–Trinajstić information content (AvgIpc) is 2.16. The Bertz CT molecular complexity index is 425. The standard InChI is InChI=1S/C14H19NO/c1-10(13(15)16)9-11-7-5-6-8-12(11)14(2,3)4/h5-9H,1-4H3,(H2,15,16). The molecule has 1 rings (SSSR count). The second-order valence-corrected chi connectivity index (χ2v) is 5.03. The number of carbonyl (C=O) groups is 1. The summed E-state index contributed by atoms with van der Waals surface area (Å²) < 4.78 is 0. The van der Waals surface area contributed by atoms with Crippen LogP contribution in [0.5, 0.6) is 0 Å². The Kier molecular flexibility index (Phi) is 3.53. The van der Waals surface area contributed by atoms with Crippen LogP contribution in [0.25, 0.3) is 6.08 Å². The molecule has 0 fully saturated rings. The van der Waals surface area contributed by atoms with E-state index < -0.39 is 0 Å². The lowest BCUT2D eigenvalue weighted by molar-refractivity contribution is -0.114. The van der Waals surface area contributed by atoms with Gasteiger partial charge in [-0.3, -0.25) is 4.79 Å². The zero-order valence-corrected chi connectivity index (χ0v) is 10.4. The van der Waals surface area contributed by atoms with Crippen LogP contribution in [-0.4, -0.2) is 5.91 Å². The minimum atomic E-state index is -0.372. The first-order valence-electron chi connectivity index (χ1n) is 5.40. The van der Waals surface area contributed by atoms with Crippen molar-refractivity contribution in [1.82, 2.24) is 0 Å². The minimum Gasteiger partial charge on any atom is -0.366 e. The van der Waals surface area contributed by atoms with E-state index in [-0.39, 0.29) is 11.3 Å². The van der Waals surface area contributed by atoms with Gasteiger partial charge in [0.2, 0.25) is 5.91 Å². The summed E-state index contributed by atoms with van der Waals surface area (Å²) in [6.07, 6.45) is 1.85. The van der Waals surface area contributed by atoms with Gasteiger partial charge in [-0.25, -0.2) is 0 Å². The number of benzene rings is 1. The molecule has 0 bridgehead atoms. The molecule has 0 aromatic heterocycles. The third-order valence-electron chi connectivity index (χ3n) is 2.53. The van der Waals surface area contributed by atoms with Crippen LogP contribution in [0.1, 0.15) is 38.8 Å². The van der Waals surface area contributed by atoms with Crippen LogP contribution in [0, 0.1) is 0 Å². The Morgan fingerprint density at radius 2 is 1.81 bits per heavy atom. The molecule has 0 aliphatic rings. The van der Waals surface area contributed by atoms with Crippen LogP contribution in [0.4, 0.5) is 0 Å². The van der Waals surface area contributed by atoms with Crippen molar-refractivity contribution in [3.05, 3.63) is 41.0 Å². The van der Waals surface area contributed by atoms with Crippen molar-refractivity contribution in [1.29, 1.82) is 0 Å². The SMILES string of the molecule is CC(=Cc1ccccc1C(C)(C)C)C(N)=O. The normalized spacial score (nSPS) is 12.6. The number of hydrogen-bond donors (Lipinski definition) is 1. The van der Waals surface area contributed by atoms with Gasteiger partial charge < -0.3 is 5.73 Å². The van der Waals surface area contributed by atoms with E-state index in [0.29, 0.717) is 5.57 Å². The van der Waals surface area contributed by atoms with Crippen molar-refractivity contribution in [2.75, 3.05) is 0 Å². The van der Waals surface area contributed by atoms with Gasteiger partial charge in [-0.1, -0.05) is 45.0 Å². The molecular formula is C14H19NO. The highest BCUT2D eigenvalue weighted by Gasteiger charge is 2.16. The molecule has 1 aromatic rings. The second-order valence-electron chi connectivity index (χ2n) is 5.03. The number of nitrogens with two attached hydrogens (primary N) is 1. The monoisotopic (exact) mass is 217 g/mol. The third kappa shape index (κ3) is 2.96.